The molecule has 0 aromatic heterocycles. The maximum absolute atomic E-state index is 10.9. The minimum Gasteiger partial charge on any atom is -0.360 e. The number of nitrogens with one attached hydrogen (secondary N) is 3. The molecule has 4 nitrogen and oxygen atoms in total. The molecule has 2 fully saturated rings. The van der Waals surface area contributed by atoms with Gasteiger partial charge in [0, 0.05) is 25.0 Å². The highest BCUT2D eigenvalue weighted by Gasteiger charge is 2.23. The third-order valence-electron chi connectivity index (χ3n) is 2.51. The summed E-state index contributed by atoms with van der Waals surface area (Å²) in [7, 11) is 0. The zero-order chi connectivity index (χ0) is 9.97. The summed E-state index contributed by atoms with van der Waals surface area (Å²) in [6.07, 6.45) is 3.93. The third kappa shape index (κ3) is 2.83. The first-order valence-corrected chi connectivity index (χ1v) is 5.48. The summed E-state index contributed by atoms with van der Waals surface area (Å²) in [5, 5.41) is 9.98. The molecule has 0 bridgehead atoms. The van der Waals surface area contributed by atoms with E-state index in [1.54, 1.807) is 0 Å². The molecule has 0 radical (unpaired) electrons. The van der Waals surface area contributed by atoms with Crippen molar-refractivity contribution >= 4 is 23.2 Å². The lowest BCUT2D eigenvalue weighted by molar-refractivity contribution is -0.122. The van der Waals surface area contributed by atoms with Gasteiger partial charge in [0.1, 0.15) is 0 Å². The fourth-order valence-electron chi connectivity index (χ4n) is 1.50. The predicted octanol–water partition coefficient (Wildman–Crippen LogP) is -0.108. The summed E-state index contributed by atoms with van der Waals surface area (Å²) in [5.74, 6) is 0.143. The van der Waals surface area contributed by atoms with E-state index in [0.29, 0.717) is 25.0 Å². The van der Waals surface area contributed by atoms with Crippen molar-refractivity contribution < 1.29 is 4.79 Å². The number of amides is 1. The van der Waals surface area contributed by atoms with Crippen LogP contribution in [0.15, 0.2) is 0 Å². The summed E-state index contributed by atoms with van der Waals surface area (Å²) >= 11 is 5.15. The summed E-state index contributed by atoms with van der Waals surface area (Å²) in [5.41, 5.74) is 0. The Hall–Kier alpha value is -0.840. The SMILES string of the molecule is O=C1CCC(NC(=S)NC2CC2)CN1. The number of hydrogen-bond acceptors (Lipinski definition) is 2. The van der Waals surface area contributed by atoms with E-state index >= 15 is 0 Å². The highest BCUT2D eigenvalue weighted by Crippen LogP contribution is 2.18. The Balaban J connectivity index is 1.68. The molecule has 1 saturated heterocycles. The monoisotopic (exact) mass is 213 g/mol. The molecule has 1 aliphatic heterocycles. The summed E-state index contributed by atoms with van der Waals surface area (Å²) in [6.45, 7) is 0.686. The lowest BCUT2D eigenvalue weighted by Gasteiger charge is -2.24. The lowest BCUT2D eigenvalue weighted by Crippen LogP contribution is -2.50. The molecular formula is C9H15N3OS. The van der Waals surface area contributed by atoms with Crippen molar-refractivity contribution in [2.75, 3.05) is 6.54 Å². The molecular weight excluding hydrogens is 198 g/mol. The second kappa shape index (κ2) is 4.13. The van der Waals surface area contributed by atoms with Crippen molar-refractivity contribution in [2.24, 2.45) is 0 Å². The van der Waals surface area contributed by atoms with Gasteiger partial charge in [0.15, 0.2) is 5.11 Å². The van der Waals surface area contributed by atoms with Gasteiger partial charge in [-0.1, -0.05) is 0 Å². The van der Waals surface area contributed by atoms with Crippen LogP contribution in [-0.4, -0.2) is 29.6 Å². The molecule has 78 valence electrons. The van der Waals surface area contributed by atoms with Crippen molar-refractivity contribution in [1.82, 2.24) is 16.0 Å². The van der Waals surface area contributed by atoms with Crippen molar-refractivity contribution in [3.63, 3.8) is 0 Å². The molecule has 1 unspecified atom stereocenters. The van der Waals surface area contributed by atoms with Crippen molar-refractivity contribution in [3.05, 3.63) is 0 Å². The molecule has 0 aromatic rings. The number of thiocarbonyl (C=S) groups is 1. The largest absolute Gasteiger partial charge is 0.360 e. The standard InChI is InChI=1S/C9H15N3OS/c13-8-4-3-7(5-10-8)12-9(14)11-6-1-2-6/h6-7H,1-5H2,(H,10,13)(H2,11,12,14). The van der Waals surface area contributed by atoms with Gasteiger partial charge in [0.25, 0.3) is 0 Å². The first-order chi connectivity index (χ1) is 6.74. The molecule has 1 heterocycles. The first-order valence-electron chi connectivity index (χ1n) is 5.08. The number of carbonyl (C=O) groups excluding carboxylic acids is 1. The van der Waals surface area contributed by atoms with Crippen LogP contribution < -0.4 is 16.0 Å². The van der Waals surface area contributed by atoms with Gasteiger partial charge in [0.2, 0.25) is 5.91 Å². The van der Waals surface area contributed by atoms with E-state index in [-0.39, 0.29) is 5.91 Å². The Kier molecular flexibility index (Phi) is 2.86. The average molecular weight is 213 g/mol. The quantitative estimate of drug-likeness (QED) is 0.560. The number of rotatable bonds is 2. The molecule has 1 aliphatic carbocycles. The topological polar surface area (TPSA) is 53.2 Å². The van der Waals surface area contributed by atoms with Crippen LogP contribution in [-0.2, 0) is 4.79 Å². The highest BCUT2D eigenvalue weighted by atomic mass is 32.1. The van der Waals surface area contributed by atoms with Gasteiger partial charge in [-0.25, -0.2) is 0 Å². The lowest BCUT2D eigenvalue weighted by atomic mass is 10.1. The van der Waals surface area contributed by atoms with Crippen LogP contribution in [0.3, 0.4) is 0 Å². The Bertz CT molecular complexity index is 242. The molecule has 5 heteroatoms. The van der Waals surface area contributed by atoms with Gasteiger partial charge in [0.05, 0.1) is 0 Å². The minimum atomic E-state index is 0.143. The number of hydrogen-bond donors (Lipinski definition) is 3. The smallest absolute Gasteiger partial charge is 0.220 e. The summed E-state index contributed by atoms with van der Waals surface area (Å²) in [6, 6.07) is 0.889. The average Bonchev–Trinajstić information content (AvgIpc) is 2.93. The maximum atomic E-state index is 10.9. The Labute approximate surface area is 88.8 Å². The van der Waals surface area contributed by atoms with Crippen molar-refractivity contribution in [2.45, 2.75) is 37.8 Å². The zero-order valence-electron chi connectivity index (χ0n) is 8.01. The van der Waals surface area contributed by atoms with Crippen molar-refractivity contribution in [1.29, 1.82) is 0 Å². The first kappa shape index (κ1) is 9.71. The Morgan fingerprint density at radius 2 is 2.00 bits per heavy atom. The van der Waals surface area contributed by atoms with Gasteiger partial charge in [-0.2, -0.15) is 0 Å². The summed E-state index contributed by atoms with van der Waals surface area (Å²) < 4.78 is 0. The molecule has 1 amide bonds. The fraction of sp³-hybridized carbons (Fsp3) is 0.778. The van der Waals surface area contributed by atoms with Gasteiger partial charge in [-0.15, -0.1) is 0 Å². The van der Waals surface area contributed by atoms with Crippen LogP contribution >= 0.6 is 12.2 Å². The van der Waals surface area contributed by atoms with Gasteiger partial charge >= 0.3 is 0 Å². The normalized spacial score (nSPS) is 26.6. The molecule has 2 rings (SSSR count). The summed E-state index contributed by atoms with van der Waals surface area (Å²) in [4.78, 5) is 10.9. The second-order valence-electron chi connectivity index (χ2n) is 3.93. The molecule has 2 aliphatic rings. The van der Waals surface area contributed by atoms with Crippen LogP contribution in [0, 0.1) is 0 Å². The van der Waals surface area contributed by atoms with E-state index in [0.717, 1.165) is 11.5 Å². The maximum Gasteiger partial charge on any atom is 0.220 e. The Morgan fingerprint density at radius 3 is 2.57 bits per heavy atom. The highest BCUT2D eigenvalue weighted by molar-refractivity contribution is 7.80. The van der Waals surface area contributed by atoms with Crippen LogP contribution in [0.25, 0.3) is 0 Å². The van der Waals surface area contributed by atoms with Crippen LogP contribution in [0.2, 0.25) is 0 Å². The molecule has 14 heavy (non-hydrogen) atoms. The van der Waals surface area contributed by atoms with Gasteiger partial charge in [-0.05, 0) is 31.5 Å². The van der Waals surface area contributed by atoms with Gasteiger partial charge < -0.3 is 16.0 Å². The zero-order valence-corrected chi connectivity index (χ0v) is 8.82. The predicted molar refractivity (Wildman–Crippen MR) is 57.9 cm³/mol. The van der Waals surface area contributed by atoms with E-state index in [1.165, 1.54) is 12.8 Å². The molecule has 0 aromatic carbocycles. The molecule has 1 atom stereocenters. The molecule has 3 N–H and O–H groups in total. The number of piperidine rings is 1. The van der Waals surface area contributed by atoms with E-state index in [9.17, 15) is 4.79 Å². The van der Waals surface area contributed by atoms with E-state index in [1.807, 2.05) is 0 Å². The van der Waals surface area contributed by atoms with E-state index in [2.05, 4.69) is 16.0 Å². The minimum absolute atomic E-state index is 0.143. The number of carbonyl (C=O) groups is 1. The van der Waals surface area contributed by atoms with Crippen LogP contribution in [0.4, 0.5) is 0 Å². The van der Waals surface area contributed by atoms with E-state index < -0.39 is 0 Å². The van der Waals surface area contributed by atoms with Gasteiger partial charge in [-0.3, -0.25) is 4.79 Å². The fourth-order valence-corrected chi connectivity index (χ4v) is 1.83. The molecule has 1 saturated carbocycles. The van der Waals surface area contributed by atoms with Crippen LogP contribution in [0.5, 0.6) is 0 Å². The van der Waals surface area contributed by atoms with Crippen molar-refractivity contribution in [3.8, 4) is 0 Å². The Morgan fingerprint density at radius 1 is 1.29 bits per heavy atom. The van der Waals surface area contributed by atoms with Crippen LogP contribution in [0.1, 0.15) is 25.7 Å². The third-order valence-corrected chi connectivity index (χ3v) is 2.75. The second-order valence-corrected chi connectivity index (χ2v) is 4.34. The van der Waals surface area contributed by atoms with E-state index in [4.69, 9.17) is 12.2 Å². The molecule has 0 spiro atoms.